The summed E-state index contributed by atoms with van der Waals surface area (Å²) in [5.41, 5.74) is 5.57. The lowest BCUT2D eigenvalue weighted by atomic mass is 9.84. The molecule has 0 amide bonds. The van der Waals surface area contributed by atoms with Crippen LogP contribution in [0, 0.1) is 6.92 Å². The van der Waals surface area contributed by atoms with Gasteiger partial charge in [-0.15, -0.1) is 0 Å². The summed E-state index contributed by atoms with van der Waals surface area (Å²) in [5, 5.41) is 0. The zero-order valence-electron chi connectivity index (χ0n) is 13.1. The summed E-state index contributed by atoms with van der Waals surface area (Å²) in [6.45, 7) is 6.25. The third kappa shape index (κ3) is 2.09. The third-order valence-corrected chi connectivity index (χ3v) is 4.94. The van der Waals surface area contributed by atoms with Crippen molar-refractivity contribution in [1.82, 2.24) is 4.90 Å². The Morgan fingerprint density at radius 2 is 2.10 bits per heavy atom. The van der Waals surface area contributed by atoms with Gasteiger partial charge in [0.1, 0.15) is 0 Å². The molecule has 0 atom stereocenters. The van der Waals surface area contributed by atoms with Gasteiger partial charge in [-0.1, -0.05) is 6.07 Å². The Morgan fingerprint density at radius 3 is 2.80 bits per heavy atom. The van der Waals surface area contributed by atoms with E-state index in [2.05, 4.69) is 28.9 Å². The van der Waals surface area contributed by atoms with Gasteiger partial charge in [0.05, 0.1) is 27.1 Å². The van der Waals surface area contributed by atoms with E-state index in [9.17, 15) is 0 Å². The number of fused-ring (bicyclic) bond motifs is 1. The fraction of sp³-hybridized carbons (Fsp3) is 0.588. The van der Waals surface area contributed by atoms with E-state index in [1.54, 1.807) is 0 Å². The van der Waals surface area contributed by atoms with Crippen LogP contribution < -0.4 is 0 Å². The molecule has 4 rings (SSSR count). The summed E-state index contributed by atoms with van der Waals surface area (Å²) in [6, 6.07) is 4.23. The van der Waals surface area contributed by atoms with Crippen LogP contribution in [-0.4, -0.2) is 43.4 Å². The molecular formula is C17H22N2O. The largest absolute Gasteiger partial charge is 0.378 e. The van der Waals surface area contributed by atoms with Crippen LogP contribution in [0.1, 0.15) is 42.4 Å². The molecule has 0 bridgehead atoms. The first-order valence-electron chi connectivity index (χ1n) is 8.12. The minimum absolute atomic E-state index is 0.439. The van der Waals surface area contributed by atoms with Gasteiger partial charge < -0.3 is 4.74 Å². The summed E-state index contributed by atoms with van der Waals surface area (Å²) in [7, 11) is 0. The zero-order valence-corrected chi connectivity index (χ0v) is 12.1. The van der Waals surface area contributed by atoms with Gasteiger partial charge in [0.15, 0.2) is 0 Å². The lowest BCUT2D eigenvalue weighted by molar-refractivity contribution is -0.0712. The normalized spacial score (nSPS) is 26.1. The summed E-state index contributed by atoms with van der Waals surface area (Å²) in [5.74, 6) is 0.636. The summed E-state index contributed by atoms with van der Waals surface area (Å²) >= 11 is 0. The number of likely N-dealkylation sites (tertiary alicyclic amines) is 1. The Morgan fingerprint density at radius 1 is 1.30 bits per heavy atom. The lowest BCUT2D eigenvalue weighted by Crippen LogP contribution is -2.51. The molecule has 0 N–H and O–H groups in total. The standard InChI is InChI=1S/C17H22N2O/c1-12-6-14-8-18-9-15(14)7-17(12)13-2-4-19(5-3-13)16-10-20-11-16/h6-8,13,16H,2-5,9-11H2,1H3/i16D. The number of aryl methyl sites for hydroxylation is 1. The second kappa shape index (κ2) is 4.97. The van der Waals surface area contributed by atoms with E-state index < -0.39 is 6.02 Å². The Balaban J connectivity index is 1.49. The number of ether oxygens (including phenoxy) is 1. The maximum absolute atomic E-state index is 8.35. The number of rotatable bonds is 2. The zero-order chi connectivity index (χ0) is 14.4. The van der Waals surface area contributed by atoms with Gasteiger partial charge in [-0.2, -0.15) is 0 Å². The minimum atomic E-state index is -0.439. The van der Waals surface area contributed by atoms with E-state index in [4.69, 9.17) is 6.11 Å². The first-order valence-corrected chi connectivity index (χ1v) is 7.62. The molecule has 20 heavy (non-hydrogen) atoms. The fourth-order valence-electron chi connectivity index (χ4n) is 3.62. The molecule has 3 aliphatic heterocycles. The first-order chi connectivity index (χ1) is 10.2. The van der Waals surface area contributed by atoms with Crippen molar-refractivity contribution in [3.63, 3.8) is 0 Å². The Labute approximate surface area is 122 Å². The monoisotopic (exact) mass is 271 g/mol. The maximum atomic E-state index is 8.35. The summed E-state index contributed by atoms with van der Waals surface area (Å²) in [6.07, 6.45) is 4.30. The Hall–Kier alpha value is -1.19. The summed E-state index contributed by atoms with van der Waals surface area (Å²) < 4.78 is 13.6. The van der Waals surface area contributed by atoms with Crippen molar-refractivity contribution in [3.05, 3.63) is 34.4 Å². The van der Waals surface area contributed by atoms with Gasteiger partial charge in [-0.25, -0.2) is 0 Å². The highest BCUT2D eigenvalue weighted by Crippen LogP contribution is 2.33. The van der Waals surface area contributed by atoms with E-state index in [1.807, 2.05) is 6.21 Å². The number of hydrogen-bond donors (Lipinski definition) is 0. The molecular weight excluding hydrogens is 248 g/mol. The molecule has 3 heterocycles. The van der Waals surface area contributed by atoms with E-state index in [-0.39, 0.29) is 0 Å². The van der Waals surface area contributed by atoms with Gasteiger partial charge in [-0.3, -0.25) is 9.89 Å². The van der Waals surface area contributed by atoms with Crippen molar-refractivity contribution in [2.75, 3.05) is 26.3 Å². The second-order valence-corrected chi connectivity index (χ2v) is 6.20. The second-order valence-electron chi connectivity index (χ2n) is 6.20. The van der Waals surface area contributed by atoms with Gasteiger partial charge in [0, 0.05) is 6.21 Å². The molecule has 1 aromatic rings. The molecule has 0 radical (unpaired) electrons. The van der Waals surface area contributed by atoms with Gasteiger partial charge in [-0.05, 0) is 67.1 Å². The van der Waals surface area contributed by atoms with E-state index in [1.165, 1.54) is 22.3 Å². The smallest absolute Gasteiger partial charge is 0.0646 e. The molecule has 2 saturated heterocycles. The molecule has 0 aliphatic carbocycles. The van der Waals surface area contributed by atoms with Gasteiger partial charge in [0.2, 0.25) is 0 Å². The van der Waals surface area contributed by atoms with Crippen LogP contribution >= 0.6 is 0 Å². The van der Waals surface area contributed by atoms with Crippen molar-refractivity contribution in [3.8, 4) is 0 Å². The average Bonchev–Trinajstić information content (AvgIpc) is 2.91. The molecule has 3 aliphatic rings. The predicted molar refractivity (Wildman–Crippen MR) is 80.6 cm³/mol. The molecule has 2 fully saturated rings. The van der Waals surface area contributed by atoms with Crippen LogP contribution in [0.15, 0.2) is 17.1 Å². The quantitative estimate of drug-likeness (QED) is 0.825. The highest BCUT2D eigenvalue weighted by molar-refractivity contribution is 5.85. The number of hydrogen-bond acceptors (Lipinski definition) is 3. The van der Waals surface area contributed by atoms with E-state index in [0.29, 0.717) is 19.1 Å². The van der Waals surface area contributed by atoms with Crippen LogP contribution in [0.3, 0.4) is 0 Å². The minimum Gasteiger partial charge on any atom is -0.378 e. The molecule has 0 saturated carbocycles. The average molecular weight is 271 g/mol. The molecule has 1 aromatic carbocycles. The van der Waals surface area contributed by atoms with Crippen LogP contribution in [0.25, 0.3) is 0 Å². The number of benzene rings is 1. The topological polar surface area (TPSA) is 24.8 Å². The van der Waals surface area contributed by atoms with Crippen LogP contribution in [0.2, 0.25) is 0 Å². The third-order valence-electron chi connectivity index (χ3n) is 4.94. The fourth-order valence-corrected chi connectivity index (χ4v) is 3.62. The molecule has 3 heteroatoms. The molecule has 3 nitrogen and oxygen atoms in total. The maximum Gasteiger partial charge on any atom is 0.0646 e. The number of piperidine rings is 1. The molecule has 0 aromatic heterocycles. The Bertz CT molecular complexity index is 587. The number of nitrogens with zero attached hydrogens (tertiary/aromatic N) is 2. The summed E-state index contributed by atoms with van der Waals surface area (Å²) in [4.78, 5) is 6.67. The van der Waals surface area contributed by atoms with Gasteiger partial charge in [0.25, 0.3) is 0 Å². The van der Waals surface area contributed by atoms with Crippen molar-refractivity contribution >= 4 is 6.21 Å². The van der Waals surface area contributed by atoms with Crippen molar-refractivity contribution in [2.24, 2.45) is 4.99 Å². The van der Waals surface area contributed by atoms with Crippen molar-refractivity contribution in [1.29, 1.82) is 0 Å². The van der Waals surface area contributed by atoms with Gasteiger partial charge >= 0.3 is 0 Å². The highest BCUT2D eigenvalue weighted by Gasteiger charge is 2.30. The lowest BCUT2D eigenvalue weighted by Gasteiger charge is -2.41. The molecule has 0 unspecified atom stereocenters. The Kier molecular flexibility index (Phi) is 2.85. The highest BCUT2D eigenvalue weighted by atomic mass is 16.5. The SMILES string of the molecule is [2H]C1(N2CCC(c3cc4c(cc3C)C=NC4)CC2)COC1. The van der Waals surface area contributed by atoms with Crippen LogP contribution in [0.5, 0.6) is 0 Å². The van der Waals surface area contributed by atoms with E-state index in [0.717, 1.165) is 32.5 Å². The van der Waals surface area contributed by atoms with Crippen LogP contribution in [-0.2, 0) is 11.3 Å². The van der Waals surface area contributed by atoms with E-state index >= 15 is 0 Å². The van der Waals surface area contributed by atoms with Crippen LogP contribution in [0.4, 0.5) is 0 Å². The molecule has 0 spiro atoms. The number of aliphatic imine (C=N–C) groups is 1. The first kappa shape index (κ1) is 11.5. The van der Waals surface area contributed by atoms with Crippen molar-refractivity contribution < 1.29 is 6.11 Å². The van der Waals surface area contributed by atoms with Crippen molar-refractivity contribution in [2.45, 2.75) is 38.2 Å². The molecule has 106 valence electrons. The predicted octanol–water partition coefficient (Wildman–Crippen LogP) is 2.51.